The molecule has 0 radical (unpaired) electrons. The lowest BCUT2D eigenvalue weighted by Gasteiger charge is -2.10. The third-order valence-electron chi connectivity index (χ3n) is 4.05. The van der Waals surface area contributed by atoms with Crippen LogP contribution in [0.15, 0.2) is 49.2 Å². The van der Waals surface area contributed by atoms with Crippen LogP contribution in [0.3, 0.4) is 0 Å². The molecule has 7 nitrogen and oxygen atoms in total. The highest BCUT2D eigenvalue weighted by Gasteiger charge is 2.31. The lowest BCUT2D eigenvalue weighted by Crippen LogP contribution is -2.20. The average molecular weight is 406 g/mol. The van der Waals surface area contributed by atoms with Gasteiger partial charge in [-0.2, -0.15) is 5.10 Å². The van der Waals surface area contributed by atoms with Crippen molar-refractivity contribution >= 4 is 16.9 Å². The summed E-state index contributed by atoms with van der Waals surface area (Å²) >= 11 is 0. The molecule has 0 aliphatic carbocycles. The van der Waals surface area contributed by atoms with Crippen molar-refractivity contribution in [2.75, 3.05) is 0 Å². The van der Waals surface area contributed by atoms with E-state index >= 15 is 0 Å². The second-order valence-corrected chi connectivity index (χ2v) is 6.10. The maximum absolute atomic E-state index is 12.4. The number of alkyl halides is 3. The number of hydrogen-bond donors (Lipinski definition) is 2. The maximum atomic E-state index is 12.4. The third-order valence-corrected chi connectivity index (χ3v) is 4.05. The van der Waals surface area contributed by atoms with Gasteiger partial charge >= 0.3 is 6.36 Å². The molecule has 1 aromatic carbocycles. The summed E-state index contributed by atoms with van der Waals surface area (Å²) in [5.74, 6) is -0.766. The number of fused-ring (bicyclic) bond motifs is 1. The zero-order chi connectivity index (χ0) is 21.2. The minimum Gasteiger partial charge on any atom is -0.406 e. The van der Waals surface area contributed by atoms with E-state index in [0.717, 1.165) is 18.2 Å². The number of benzene rings is 1. The highest BCUT2D eigenvalue weighted by molar-refractivity contribution is 5.88. The fourth-order valence-corrected chi connectivity index (χ4v) is 2.82. The van der Waals surface area contributed by atoms with Gasteiger partial charge in [-0.3, -0.25) is 4.79 Å². The van der Waals surface area contributed by atoms with E-state index in [1.165, 1.54) is 23.0 Å². The Bertz CT molecular complexity index is 1040. The van der Waals surface area contributed by atoms with Crippen LogP contribution in [0.25, 0.3) is 16.7 Å². The molecule has 0 aliphatic rings. The zero-order valence-electron chi connectivity index (χ0n) is 15.3. The van der Waals surface area contributed by atoms with Crippen molar-refractivity contribution in [1.82, 2.24) is 20.1 Å². The molecule has 0 aliphatic heterocycles. The van der Waals surface area contributed by atoms with Gasteiger partial charge < -0.3 is 15.2 Å². The molecule has 0 saturated heterocycles. The van der Waals surface area contributed by atoms with Crippen molar-refractivity contribution < 1.29 is 27.8 Å². The number of carbonyl (C=O) groups is 1. The monoisotopic (exact) mass is 406 g/mol. The number of aromatic nitrogens is 3. The smallest absolute Gasteiger partial charge is 0.406 e. The van der Waals surface area contributed by atoms with Gasteiger partial charge in [0.05, 0.1) is 29.4 Å². The normalized spacial score (nSPS) is 12.6. The van der Waals surface area contributed by atoms with Crippen LogP contribution >= 0.6 is 0 Å². The molecule has 0 saturated carbocycles. The average Bonchev–Trinajstić information content (AvgIpc) is 3.04. The highest BCUT2D eigenvalue weighted by Crippen LogP contribution is 2.29. The number of rotatable bonds is 6. The largest absolute Gasteiger partial charge is 0.573 e. The van der Waals surface area contributed by atoms with Crippen molar-refractivity contribution in [1.29, 1.82) is 0 Å². The summed E-state index contributed by atoms with van der Waals surface area (Å²) in [6.07, 6.45) is -3.00. The number of nitrogens with zero attached hydrogens (tertiary/aromatic N) is 3. The standard InChI is InChI=1S/C19H17F3N4O3/c1-3-16(28)24-10-15-17-14(11(2)27)8-9-23-18(17)26(25-15)12-4-6-13(7-5-12)29-19(20,21)22/h3-9,11,27H,1,10H2,2H3,(H,24,28)/t11-/m0/s1. The number of hydrogen-bond acceptors (Lipinski definition) is 5. The predicted molar refractivity (Wildman–Crippen MR) is 98.2 cm³/mol. The first-order chi connectivity index (χ1) is 13.7. The lowest BCUT2D eigenvalue weighted by atomic mass is 10.1. The highest BCUT2D eigenvalue weighted by atomic mass is 19.4. The Labute approximate surface area is 163 Å². The summed E-state index contributed by atoms with van der Waals surface area (Å²) < 4.78 is 42.4. The summed E-state index contributed by atoms with van der Waals surface area (Å²) in [7, 11) is 0. The van der Waals surface area contributed by atoms with Crippen molar-refractivity contribution in [2.24, 2.45) is 0 Å². The van der Waals surface area contributed by atoms with Crippen LogP contribution < -0.4 is 10.1 Å². The van der Waals surface area contributed by atoms with Gasteiger partial charge in [-0.15, -0.1) is 13.2 Å². The fraction of sp³-hybridized carbons (Fsp3) is 0.211. The molecule has 2 aromatic heterocycles. The first-order valence-corrected chi connectivity index (χ1v) is 8.50. The van der Waals surface area contributed by atoms with Gasteiger partial charge in [0, 0.05) is 6.20 Å². The van der Waals surface area contributed by atoms with Crippen LogP contribution in [0.2, 0.25) is 0 Å². The fourth-order valence-electron chi connectivity index (χ4n) is 2.82. The minimum atomic E-state index is -4.79. The molecule has 0 spiro atoms. The van der Waals surface area contributed by atoms with E-state index in [9.17, 15) is 23.1 Å². The second kappa shape index (κ2) is 7.92. The van der Waals surface area contributed by atoms with E-state index in [1.807, 2.05) is 0 Å². The summed E-state index contributed by atoms with van der Waals surface area (Å²) in [5, 5.41) is 17.7. The van der Waals surface area contributed by atoms with Gasteiger partial charge in [-0.25, -0.2) is 9.67 Å². The number of aliphatic hydroxyl groups excluding tert-OH is 1. The van der Waals surface area contributed by atoms with Crippen LogP contribution in [0.5, 0.6) is 5.75 Å². The van der Waals surface area contributed by atoms with Gasteiger partial charge in [-0.1, -0.05) is 6.58 Å². The van der Waals surface area contributed by atoms with Crippen molar-refractivity contribution in [3.05, 3.63) is 60.4 Å². The first-order valence-electron chi connectivity index (χ1n) is 8.50. The second-order valence-electron chi connectivity index (χ2n) is 6.10. The minimum absolute atomic E-state index is 0.0506. The number of aliphatic hydroxyl groups is 1. The Morgan fingerprint density at radius 3 is 2.62 bits per heavy atom. The molecule has 0 unspecified atom stereocenters. The Balaban J connectivity index is 2.07. The number of nitrogens with one attached hydrogen (secondary N) is 1. The molecule has 1 amide bonds. The number of carbonyl (C=O) groups excluding carboxylic acids is 1. The van der Waals surface area contributed by atoms with E-state index < -0.39 is 18.4 Å². The SMILES string of the molecule is C=CC(=O)NCc1nn(-c2ccc(OC(F)(F)F)cc2)c2nccc([C@H](C)O)c12. The lowest BCUT2D eigenvalue weighted by molar-refractivity contribution is -0.274. The molecule has 1 atom stereocenters. The molecule has 10 heteroatoms. The van der Waals surface area contributed by atoms with E-state index in [4.69, 9.17) is 0 Å². The molecular formula is C19H17F3N4O3. The molecule has 3 rings (SSSR count). The van der Waals surface area contributed by atoms with E-state index in [-0.39, 0.29) is 12.3 Å². The van der Waals surface area contributed by atoms with E-state index in [0.29, 0.717) is 28.0 Å². The Morgan fingerprint density at radius 2 is 2.03 bits per heavy atom. The predicted octanol–water partition coefficient (Wildman–Crippen LogP) is 3.17. The zero-order valence-corrected chi connectivity index (χ0v) is 15.3. The van der Waals surface area contributed by atoms with Crippen molar-refractivity contribution in [3.63, 3.8) is 0 Å². The van der Waals surface area contributed by atoms with E-state index in [1.54, 1.807) is 13.0 Å². The number of amides is 1. The van der Waals surface area contributed by atoms with Crippen LogP contribution in [0.1, 0.15) is 24.3 Å². The molecule has 2 heterocycles. The number of ether oxygens (including phenoxy) is 1. The molecule has 29 heavy (non-hydrogen) atoms. The first kappa shape index (κ1) is 20.3. The van der Waals surface area contributed by atoms with E-state index in [2.05, 4.69) is 26.7 Å². The summed E-state index contributed by atoms with van der Waals surface area (Å²) in [5.41, 5.74) is 1.81. The quantitative estimate of drug-likeness (QED) is 0.614. The Hall–Kier alpha value is -3.40. The van der Waals surface area contributed by atoms with Gasteiger partial charge in [0.15, 0.2) is 5.65 Å². The van der Waals surface area contributed by atoms with Crippen molar-refractivity contribution in [3.8, 4) is 11.4 Å². The van der Waals surface area contributed by atoms with Crippen LogP contribution in [-0.2, 0) is 11.3 Å². The molecule has 0 fully saturated rings. The maximum Gasteiger partial charge on any atom is 0.573 e. The van der Waals surface area contributed by atoms with Gasteiger partial charge in [0.1, 0.15) is 5.75 Å². The molecule has 152 valence electrons. The van der Waals surface area contributed by atoms with Crippen LogP contribution in [0.4, 0.5) is 13.2 Å². The summed E-state index contributed by atoms with van der Waals surface area (Å²) in [6.45, 7) is 5.02. The van der Waals surface area contributed by atoms with Crippen molar-refractivity contribution in [2.45, 2.75) is 25.9 Å². The van der Waals surface area contributed by atoms with Gasteiger partial charge in [0.25, 0.3) is 0 Å². The van der Waals surface area contributed by atoms with Gasteiger partial charge in [-0.05, 0) is 48.9 Å². The molecular weight excluding hydrogens is 389 g/mol. The van der Waals surface area contributed by atoms with Crippen LogP contribution in [-0.4, -0.2) is 32.1 Å². The Morgan fingerprint density at radius 1 is 1.34 bits per heavy atom. The third kappa shape index (κ3) is 4.54. The molecule has 2 N–H and O–H groups in total. The van der Waals surface area contributed by atoms with Crippen LogP contribution in [0, 0.1) is 0 Å². The van der Waals surface area contributed by atoms with Gasteiger partial charge in [0.2, 0.25) is 5.91 Å². The number of pyridine rings is 1. The summed E-state index contributed by atoms with van der Waals surface area (Å²) in [6, 6.07) is 6.76. The Kier molecular flexibility index (Phi) is 5.55. The molecule has 0 bridgehead atoms. The number of halogens is 3. The summed E-state index contributed by atoms with van der Waals surface area (Å²) in [4.78, 5) is 15.8. The molecule has 3 aromatic rings. The topological polar surface area (TPSA) is 89.3 Å².